The largest absolute Gasteiger partial charge is 0.320 e. The van der Waals surface area contributed by atoms with Crippen LogP contribution in [0.3, 0.4) is 0 Å². The third kappa shape index (κ3) is 2.99. The van der Waals surface area contributed by atoms with Gasteiger partial charge in [-0.05, 0) is 41.4 Å². The van der Waals surface area contributed by atoms with Crippen molar-refractivity contribution in [1.82, 2.24) is 0 Å². The first-order valence-electron chi connectivity index (χ1n) is 5.87. The molecule has 0 saturated carbocycles. The Morgan fingerprint density at radius 1 is 1.16 bits per heavy atom. The molecule has 0 bridgehead atoms. The van der Waals surface area contributed by atoms with Crippen LogP contribution in [-0.2, 0) is 0 Å². The van der Waals surface area contributed by atoms with Crippen LogP contribution < -0.4 is 5.73 Å². The molecule has 4 heteroatoms. The molecule has 0 saturated heterocycles. The molecule has 0 amide bonds. The summed E-state index contributed by atoms with van der Waals surface area (Å²) in [7, 11) is 0. The summed E-state index contributed by atoms with van der Waals surface area (Å²) in [5, 5.41) is 0.0670. The van der Waals surface area contributed by atoms with Crippen molar-refractivity contribution in [3.8, 4) is 0 Å². The molecule has 0 aliphatic heterocycles. The molecule has 100 valence electrons. The summed E-state index contributed by atoms with van der Waals surface area (Å²) >= 11 is 9.10. The van der Waals surface area contributed by atoms with Crippen LogP contribution in [0, 0.1) is 19.7 Å². The third-order valence-electron chi connectivity index (χ3n) is 3.00. The Labute approximate surface area is 125 Å². The number of halogens is 3. The van der Waals surface area contributed by atoms with Gasteiger partial charge in [-0.2, -0.15) is 0 Å². The SMILES string of the molecule is Cc1cc(C)cc(C(N)c2ccc(Br)c(Cl)c2F)c1. The van der Waals surface area contributed by atoms with Crippen molar-refractivity contribution in [3.05, 3.63) is 67.9 Å². The molecular formula is C15H14BrClFN. The molecule has 0 fully saturated rings. The first kappa shape index (κ1) is 14.5. The summed E-state index contributed by atoms with van der Waals surface area (Å²) in [5.74, 6) is -0.470. The Morgan fingerprint density at radius 2 is 1.74 bits per heavy atom. The number of hydrogen-bond acceptors (Lipinski definition) is 1. The fourth-order valence-electron chi connectivity index (χ4n) is 2.15. The van der Waals surface area contributed by atoms with Gasteiger partial charge in [0.15, 0.2) is 0 Å². The summed E-state index contributed by atoms with van der Waals surface area (Å²) in [6, 6.07) is 8.84. The van der Waals surface area contributed by atoms with Crippen LogP contribution in [0.15, 0.2) is 34.8 Å². The molecule has 1 nitrogen and oxygen atoms in total. The number of benzene rings is 2. The van der Waals surface area contributed by atoms with Gasteiger partial charge in [0.2, 0.25) is 0 Å². The summed E-state index contributed by atoms with van der Waals surface area (Å²) in [6.07, 6.45) is 0. The van der Waals surface area contributed by atoms with Crippen LogP contribution in [0.1, 0.15) is 28.3 Å². The Bertz CT molecular complexity index is 608. The topological polar surface area (TPSA) is 26.0 Å². The second-order valence-corrected chi connectivity index (χ2v) is 5.90. The molecular weight excluding hydrogens is 329 g/mol. The van der Waals surface area contributed by atoms with Crippen LogP contribution in [0.4, 0.5) is 4.39 Å². The van der Waals surface area contributed by atoms with Gasteiger partial charge < -0.3 is 5.73 Å². The molecule has 2 N–H and O–H groups in total. The van der Waals surface area contributed by atoms with Crippen molar-refractivity contribution >= 4 is 27.5 Å². The maximum absolute atomic E-state index is 14.2. The van der Waals surface area contributed by atoms with E-state index in [1.165, 1.54) is 0 Å². The average molecular weight is 343 g/mol. The molecule has 0 aliphatic carbocycles. The van der Waals surface area contributed by atoms with E-state index >= 15 is 0 Å². The van der Waals surface area contributed by atoms with Crippen molar-refractivity contribution < 1.29 is 4.39 Å². The smallest absolute Gasteiger partial charge is 0.148 e. The van der Waals surface area contributed by atoms with Gasteiger partial charge in [0.25, 0.3) is 0 Å². The third-order valence-corrected chi connectivity index (χ3v) is 4.26. The molecule has 1 unspecified atom stereocenters. The molecule has 2 aromatic carbocycles. The maximum atomic E-state index is 14.2. The van der Waals surface area contributed by atoms with Gasteiger partial charge in [0.05, 0.1) is 11.1 Å². The fraction of sp³-hybridized carbons (Fsp3) is 0.200. The molecule has 0 radical (unpaired) electrons. The van der Waals surface area contributed by atoms with Gasteiger partial charge in [-0.15, -0.1) is 0 Å². The Balaban J connectivity index is 2.50. The lowest BCUT2D eigenvalue weighted by molar-refractivity contribution is 0.599. The summed E-state index contributed by atoms with van der Waals surface area (Å²) < 4.78 is 14.7. The van der Waals surface area contributed by atoms with E-state index in [4.69, 9.17) is 17.3 Å². The van der Waals surface area contributed by atoms with E-state index in [1.807, 2.05) is 26.0 Å². The highest BCUT2D eigenvalue weighted by atomic mass is 79.9. The molecule has 0 aliphatic rings. The maximum Gasteiger partial charge on any atom is 0.148 e. The highest BCUT2D eigenvalue weighted by Gasteiger charge is 2.17. The van der Waals surface area contributed by atoms with Gasteiger partial charge in [-0.25, -0.2) is 4.39 Å². The fourth-order valence-corrected chi connectivity index (χ4v) is 2.63. The zero-order valence-corrected chi connectivity index (χ0v) is 13.0. The predicted octanol–water partition coefficient (Wildman–Crippen LogP) is 4.91. The molecule has 19 heavy (non-hydrogen) atoms. The van der Waals surface area contributed by atoms with Crippen LogP contribution in [-0.4, -0.2) is 0 Å². The lowest BCUT2D eigenvalue weighted by atomic mass is 9.96. The zero-order valence-electron chi connectivity index (χ0n) is 10.7. The zero-order chi connectivity index (χ0) is 14.2. The molecule has 1 atom stereocenters. The minimum atomic E-state index is -0.524. The van der Waals surface area contributed by atoms with E-state index < -0.39 is 11.9 Å². The summed E-state index contributed by atoms with van der Waals surface area (Å²) in [4.78, 5) is 0. The lowest BCUT2D eigenvalue weighted by Crippen LogP contribution is -2.14. The van der Waals surface area contributed by atoms with Crippen LogP contribution in [0.5, 0.6) is 0 Å². The Hall–Kier alpha value is -0.900. The number of aryl methyl sites for hydroxylation is 2. The van der Waals surface area contributed by atoms with Crippen molar-refractivity contribution in [2.75, 3.05) is 0 Å². The van der Waals surface area contributed by atoms with Gasteiger partial charge in [-0.1, -0.05) is 47.0 Å². The van der Waals surface area contributed by atoms with E-state index in [2.05, 4.69) is 22.0 Å². The lowest BCUT2D eigenvalue weighted by Gasteiger charge is -2.16. The molecule has 0 aromatic heterocycles. The Kier molecular flexibility index (Phi) is 4.29. The Morgan fingerprint density at radius 3 is 2.32 bits per heavy atom. The highest BCUT2D eigenvalue weighted by molar-refractivity contribution is 9.10. The number of nitrogens with two attached hydrogens (primary N) is 1. The minimum absolute atomic E-state index is 0.0670. The van der Waals surface area contributed by atoms with Gasteiger partial charge >= 0.3 is 0 Å². The standard InChI is InChI=1S/C15H14BrClFN/c1-8-5-9(2)7-10(6-8)15(19)11-3-4-12(16)13(17)14(11)18/h3-7,15H,19H2,1-2H3. The van der Waals surface area contributed by atoms with Gasteiger partial charge in [-0.3, -0.25) is 0 Å². The molecule has 0 heterocycles. The molecule has 2 rings (SSSR count). The summed E-state index contributed by atoms with van der Waals surface area (Å²) in [6.45, 7) is 3.99. The second kappa shape index (κ2) is 5.61. The quantitative estimate of drug-likeness (QED) is 0.771. The average Bonchev–Trinajstić information content (AvgIpc) is 2.34. The number of hydrogen-bond donors (Lipinski definition) is 1. The van der Waals surface area contributed by atoms with Gasteiger partial charge in [0, 0.05) is 10.0 Å². The van der Waals surface area contributed by atoms with Crippen molar-refractivity contribution in [2.45, 2.75) is 19.9 Å². The van der Waals surface area contributed by atoms with E-state index in [9.17, 15) is 4.39 Å². The van der Waals surface area contributed by atoms with Crippen LogP contribution in [0.25, 0.3) is 0 Å². The highest BCUT2D eigenvalue weighted by Crippen LogP contribution is 2.32. The van der Waals surface area contributed by atoms with Gasteiger partial charge in [0.1, 0.15) is 5.82 Å². The normalized spacial score (nSPS) is 12.5. The number of rotatable bonds is 2. The molecule has 0 spiro atoms. The predicted molar refractivity (Wildman–Crippen MR) is 81.1 cm³/mol. The van der Waals surface area contributed by atoms with Crippen molar-refractivity contribution in [3.63, 3.8) is 0 Å². The monoisotopic (exact) mass is 341 g/mol. The van der Waals surface area contributed by atoms with E-state index in [0.717, 1.165) is 16.7 Å². The van der Waals surface area contributed by atoms with Crippen molar-refractivity contribution in [2.24, 2.45) is 5.73 Å². The first-order valence-corrected chi connectivity index (χ1v) is 7.04. The van der Waals surface area contributed by atoms with E-state index in [1.54, 1.807) is 12.1 Å². The first-order chi connectivity index (χ1) is 8.90. The van der Waals surface area contributed by atoms with Crippen LogP contribution in [0.2, 0.25) is 5.02 Å². The van der Waals surface area contributed by atoms with Crippen molar-refractivity contribution in [1.29, 1.82) is 0 Å². The van der Waals surface area contributed by atoms with Crippen LogP contribution >= 0.6 is 27.5 Å². The second-order valence-electron chi connectivity index (χ2n) is 4.66. The molecule has 2 aromatic rings. The van der Waals surface area contributed by atoms with E-state index in [0.29, 0.717) is 10.0 Å². The summed E-state index contributed by atoms with van der Waals surface area (Å²) in [5.41, 5.74) is 9.66. The minimum Gasteiger partial charge on any atom is -0.320 e. The van der Waals surface area contributed by atoms with E-state index in [-0.39, 0.29) is 5.02 Å².